The quantitative estimate of drug-likeness (QED) is 0.0950. The van der Waals surface area contributed by atoms with Crippen molar-refractivity contribution < 1.29 is 14.4 Å². The lowest BCUT2D eigenvalue weighted by Crippen LogP contribution is -2.30. The van der Waals surface area contributed by atoms with Crippen LogP contribution in [0.15, 0.2) is 132 Å². The average molecular weight is 695 g/mol. The zero-order valence-electron chi connectivity index (χ0n) is 26.3. The predicted octanol–water partition coefficient (Wildman–Crippen LogP) is 9.75. The van der Waals surface area contributed by atoms with Gasteiger partial charge in [0, 0.05) is 37.4 Å². The number of benzene rings is 5. The van der Waals surface area contributed by atoms with E-state index in [-0.39, 0.29) is 11.6 Å². The molecule has 0 bridgehead atoms. The smallest absolute Gasteiger partial charge is 0.272 e. The maximum absolute atomic E-state index is 13.8. The number of hydrogen-bond donors (Lipinski definition) is 3. The van der Waals surface area contributed by atoms with Crippen LogP contribution in [0.25, 0.3) is 6.08 Å². The molecule has 0 heterocycles. The monoisotopic (exact) mass is 693 g/mol. The van der Waals surface area contributed by atoms with E-state index in [2.05, 4.69) is 22.9 Å². The minimum Gasteiger partial charge on any atom is -0.324 e. The summed E-state index contributed by atoms with van der Waals surface area (Å²) in [7, 11) is 0. The van der Waals surface area contributed by atoms with Gasteiger partial charge in [-0.3, -0.25) is 14.4 Å². The summed E-state index contributed by atoms with van der Waals surface area (Å²) in [6.45, 7) is 4.05. The molecule has 48 heavy (non-hydrogen) atoms. The van der Waals surface area contributed by atoms with Crippen molar-refractivity contribution in [2.75, 3.05) is 10.6 Å². The molecule has 1 unspecified atom stereocenters. The minimum absolute atomic E-state index is 0.0410. The molecule has 5 rings (SSSR count). The maximum atomic E-state index is 13.8. The zero-order valence-corrected chi connectivity index (χ0v) is 28.6. The lowest BCUT2D eigenvalue weighted by atomic mass is 10.1. The molecule has 3 N–H and O–H groups in total. The van der Waals surface area contributed by atoms with Crippen molar-refractivity contribution in [3.63, 3.8) is 0 Å². The molecule has 0 fully saturated rings. The van der Waals surface area contributed by atoms with E-state index in [1.54, 1.807) is 60.7 Å². The first kappa shape index (κ1) is 34.5. The third-order valence-electron chi connectivity index (χ3n) is 7.51. The topological polar surface area (TPSA) is 87.3 Å². The molecule has 9 heteroatoms. The lowest BCUT2D eigenvalue weighted by molar-refractivity contribution is -0.116. The lowest BCUT2D eigenvalue weighted by Gasteiger charge is -2.20. The average Bonchev–Trinajstić information content (AvgIpc) is 3.10. The van der Waals surface area contributed by atoms with Crippen LogP contribution in [0, 0.1) is 6.92 Å². The van der Waals surface area contributed by atoms with Gasteiger partial charge in [-0.2, -0.15) is 0 Å². The molecular weight excluding hydrogens is 661 g/mol. The molecule has 0 aliphatic heterocycles. The summed E-state index contributed by atoms with van der Waals surface area (Å²) in [6.07, 6.45) is 2.25. The fourth-order valence-electron chi connectivity index (χ4n) is 4.98. The van der Waals surface area contributed by atoms with Crippen LogP contribution in [0.2, 0.25) is 10.0 Å². The largest absolute Gasteiger partial charge is 0.324 e. The fraction of sp³-hybridized carbons (Fsp3) is 0.103. The summed E-state index contributed by atoms with van der Waals surface area (Å²) < 4.78 is 0. The van der Waals surface area contributed by atoms with Crippen LogP contribution in [-0.4, -0.2) is 17.7 Å². The third-order valence-corrected chi connectivity index (χ3v) is 9.44. The van der Waals surface area contributed by atoms with Gasteiger partial charge in [0.15, 0.2) is 0 Å². The molecule has 3 amide bonds. The van der Waals surface area contributed by atoms with Gasteiger partial charge in [-0.15, -0.1) is 11.8 Å². The van der Waals surface area contributed by atoms with Crippen LogP contribution < -0.4 is 16.0 Å². The van der Waals surface area contributed by atoms with Gasteiger partial charge in [0.05, 0.1) is 0 Å². The molecule has 0 saturated carbocycles. The number of carbonyl (C=O) groups is 3. The summed E-state index contributed by atoms with van der Waals surface area (Å²) in [5.74, 6) is -1.16. The number of anilines is 2. The fourth-order valence-corrected chi connectivity index (χ4v) is 6.51. The van der Waals surface area contributed by atoms with E-state index in [1.165, 1.54) is 17.8 Å². The van der Waals surface area contributed by atoms with Gasteiger partial charge in [-0.05, 0) is 84.6 Å². The standard InChI is InChI=1S/C39H33Cl2N3O3S/c1-3-26-17-10-12-25(2)35(26)44-39(47)36(27-13-6-4-7-14-27)48-30-22-20-29(21-23-30)42-38(46)34(24-31-32(40)18-11-19-33(31)41)43-37(45)28-15-8-5-9-16-28/h4-24,36H,3H2,1-2H3,(H,42,46)(H,43,45)(H,44,47)/b34-24-. The number of carbonyl (C=O) groups excluding carboxylic acids is 3. The Morgan fingerprint density at radius 2 is 1.38 bits per heavy atom. The Kier molecular flexibility index (Phi) is 11.7. The number of rotatable bonds is 11. The number of amides is 3. The Bertz CT molecular complexity index is 1930. The van der Waals surface area contributed by atoms with E-state index < -0.39 is 17.1 Å². The summed E-state index contributed by atoms with van der Waals surface area (Å²) in [4.78, 5) is 41.2. The summed E-state index contributed by atoms with van der Waals surface area (Å²) >= 11 is 14.2. The van der Waals surface area contributed by atoms with E-state index in [1.807, 2.05) is 67.6 Å². The van der Waals surface area contributed by atoms with E-state index in [4.69, 9.17) is 23.2 Å². The van der Waals surface area contributed by atoms with Gasteiger partial charge < -0.3 is 16.0 Å². The molecule has 0 aliphatic carbocycles. The van der Waals surface area contributed by atoms with Crippen LogP contribution in [0.5, 0.6) is 0 Å². The number of thioether (sulfide) groups is 1. The second-order valence-corrected chi connectivity index (χ2v) is 12.8. The van der Waals surface area contributed by atoms with Gasteiger partial charge in [0.25, 0.3) is 11.8 Å². The molecular formula is C39H33Cl2N3O3S. The summed E-state index contributed by atoms with van der Waals surface area (Å²) in [6, 6.07) is 36.4. The maximum Gasteiger partial charge on any atom is 0.272 e. The normalized spacial score (nSPS) is 11.8. The van der Waals surface area contributed by atoms with Gasteiger partial charge in [-0.1, -0.05) is 103 Å². The summed E-state index contributed by atoms with van der Waals surface area (Å²) in [5.41, 5.74) is 5.01. The van der Waals surface area contributed by atoms with E-state index >= 15 is 0 Å². The SMILES string of the molecule is CCc1cccc(C)c1NC(=O)C(Sc1ccc(NC(=O)/C(=C/c2c(Cl)cccc2Cl)NC(=O)c2ccccc2)cc1)c1ccccc1. The van der Waals surface area contributed by atoms with Gasteiger partial charge in [0.1, 0.15) is 10.9 Å². The van der Waals surface area contributed by atoms with Crippen molar-refractivity contribution >= 4 is 70.1 Å². The number of nitrogens with one attached hydrogen (secondary N) is 3. The molecule has 5 aromatic rings. The minimum atomic E-state index is -0.567. The zero-order chi connectivity index (χ0) is 34.0. The second kappa shape index (κ2) is 16.3. The number of para-hydroxylation sites is 1. The van der Waals surface area contributed by atoms with E-state index in [0.29, 0.717) is 26.9 Å². The highest BCUT2D eigenvalue weighted by molar-refractivity contribution is 8.00. The highest BCUT2D eigenvalue weighted by atomic mass is 35.5. The van der Waals surface area contributed by atoms with Gasteiger partial charge >= 0.3 is 0 Å². The predicted molar refractivity (Wildman–Crippen MR) is 198 cm³/mol. The Balaban J connectivity index is 1.36. The Morgan fingerprint density at radius 1 is 0.750 bits per heavy atom. The van der Waals surface area contributed by atoms with Gasteiger partial charge in [-0.25, -0.2) is 0 Å². The molecule has 0 radical (unpaired) electrons. The molecule has 5 aromatic carbocycles. The van der Waals surface area contributed by atoms with Gasteiger partial charge in [0.2, 0.25) is 5.91 Å². The number of halogens is 2. The first-order valence-electron chi connectivity index (χ1n) is 15.3. The van der Waals surface area contributed by atoms with Crippen molar-refractivity contribution in [1.29, 1.82) is 0 Å². The highest BCUT2D eigenvalue weighted by Crippen LogP contribution is 2.37. The highest BCUT2D eigenvalue weighted by Gasteiger charge is 2.24. The molecule has 0 aliphatic rings. The molecule has 0 saturated heterocycles. The number of aryl methyl sites for hydroxylation is 2. The molecule has 0 aromatic heterocycles. The van der Waals surface area contributed by atoms with Crippen LogP contribution in [0.1, 0.15) is 44.8 Å². The van der Waals surface area contributed by atoms with Crippen molar-refractivity contribution in [2.45, 2.75) is 30.4 Å². The van der Waals surface area contributed by atoms with Crippen LogP contribution in [0.4, 0.5) is 11.4 Å². The van der Waals surface area contributed by atoms with E-state index in [0.717, 1.165) is 33.7 Å². The van der Waals surface area contributed by atoms with E-state index in [9.17, 15) is 14.4 Å². The molecule has 0 spiro atoms. The van der Waals surface area contributed by atoms with Crippen LogP contribution in [-0.2, 0) is 16.0 Å². The summed E-state index contributed by atoms with van der Waals surface area (Å²) in [5, 5.41) is 8.85. The van der Waals surface area contributed by atoms with Crippen LogP contribution in [0.3, 0.4) is 0 Å². The Morgan fingerprint density at radius 3 is 2.02 bits per heavy atom. The molecule has 1 atom stereocenters. The number of hydrogen-bond acceptors (Lipinski definition) is 4. The molecule has 242 valence electrons. The van der Waals surface area contributed by atoms with Crippen molar-refractivity contribution in [2.24, 2.45) is 0 Å². The Labute approximate surface area is 294 Å². The first-order chi connectivity index (χ1) is 23.2. The van der Waals surface area contributed by atoms with Crippen molar-refractivity contribution in [1.82, 2.24) is 5.32 Å². The Hall–Kier alpha value is -4.82. The molecule has 6 nitrogen and oxygen atoms in total. The van der Waals surface area contributed by atoms with Crippen LogP contribution >= 0.6 is 35.0 Å². The third kappa shape index (κ3) is 8.75. The second-order valence-electron chi connectivity index (χ2n) is 10.9. The van der Waals surface area contributed by atoms with Crippen molar-refractivity contribution in [3.8, 4) is 0 Å². The first-order valence-corrected chi connectivity index (χ1v) is 16.9. The van der Waals surface area contributed by atoms with Crippen molar-refractivity contribution in [3.05, 3.63) is 165 Å².